The SMILES string of the molecule is CC(C)=CCCC(C)[C@H](C)C(C(=O)OC(C)(C)C)N(C)C. The van der Waals surface area contributed by atoms with E-state index in [1.165, 1.54) is 5.57 Å². The number of carbonyl (C=O) groups is 1. The van der Waals surface area contributed by atoms with Gasteiger partial charge in [0.2, 0.25) is 0 Å². The molecule has 2 unspecified atom stereocenters. The van der Waals surface area contributed by atoms with E-state index in [0.717, 1.165) is 12.8 Å². The van der Waals surface area contributed by atoms with E-state index in [1.807, 2.05) is 39.8 Å². The highest BCUT2D eigenvalue weighted by Crippen LogP contribution is 2.25. The molecule has 0 radical (unpaired) electrons. The van der Waals surface area contributed by atoms with Crippen LogP contribution >= 0.6 is 0 Å². The van der Waals surface area contributed by atoms with Gasteiger partial charge in [-0.15, -0.1) is 0 Å². The molecule has 3 atom stereocenters. The lowest BCUT2D eigenvalue weighted by atomic mass is 9.85. The molecule has 3 nitrogen and oxygen atoms in total. The van der Waals surface area contributed by atoms with Crippen LogP contribution in [0.4, 0.5) is 0 Å². The van der Waals surface area contributed by atoms with Crippen molar-refractivity contribution in [3.8, 4) is 0 Å². The van der Waals surface area contributed by atoms with E-state index in [2.05, 4.69) is 33.8 Å². The minimum absolute atomic E-state index is 0.117. The van der Waals surface area contributed by atoms with E-state index in [0.29, 0.717) is 5.92 Å². The molecule has 124 valence electrons. The molecule has 0 aromatic rings. The van der Waals surface area contributed by atoms with Gasteiger partial charge in [-0.1, -0.05) is 25.5 Å². The molecule has 0 aliphatic rings. The van der Waals surface area contributed by atoms with Crippen molar-refractivity contribution in [2.24, 2.45) is 11.8 Å². The zero-order valence-electron chi connectivity index (χ0n) is 15.5. The monoisotopic (exact) mass is 297 g/mol. The Hall–Kier alpha value is -0.830. The molecule has 0 spiro atoms. The Labute approximate surface area is 131 Å². The third kappa shape index (κ3) is 8.25. The minimum Gasteiger partial charge on any atom is -0.459 e. The third-order valence-electron chi connectivity index (χ3n) is 3.77. The van der Waals surface area contributed by atoms with Gasteiger partial charge >= 0.3 is 5.97 Å². The summed E-state index contributed by atoms with van der Waals surface area (Å²) in [5.74, 6) is 0.620. The first kappa shape index (κ1) is 20.2. The lowest BCUT2D eigenvalue weighted by Gasteiger charge is -2.34. The van der Waals surface area contributed by atoms with Gasteiger partial charge in [0.05, 0.1) is 0 Å². The van der Waals surface area contributed by atoms with E-state index in [9.17, 15) is 4.79 Å². The molecule has 0 bridgehead atoms. The van der Waals surface area contributed by atoms with Crippen LogP contribution in [0.15, 0.2) is 11.6 Å². The summed E-state index contributed by atoms with van der Waals surface area (Å²) in [6.45, 7) is 14.4. The Kier molecular flexibility index (Phi) is 8.23. The van der Waals surface area contributed by atoms with Crippen LogP contribution in [0, 0.1) is 11.8 Å². The van der Waals surface area contributed by atoms with Gasteiger partial charge in [-0.25, -0.2) is 0 Å². The molecule has 3 heteroatoms. The van der Waals surface area contributed by atoms with Crippen LogP contribution in [0.2, 0.25) is 0 Å². The fraction of sp³-hybridized carbons (Fsp3) is 0.833. The number of hydrogen-bond donors (Lipinski definition) is 0. The Morgan fingerprint density at radius 1 is 1.19 bits per heavy atom. The molecular formula is C18H35NO2. The Morgan fingerprint density at radius 3 is 2.10 bits per heavy atom. The molecule has 0 heterocycles. The van der Waals surface area contributed by atoms with Gasteiger partial charge < -0.3 is 4.74 Å². The molecule has 0 aliphatic carbocycles. The lowest BCUT2D eigenvalue weighted by molar-refractivity contribution is -0.163. The van der Waals surface area contributed by atoms with Crippen LogP contribution < -0.4 is 0 Å². The number of nitrogens with zero attached hydrogens (tertiary/aromatic N) is 1. The van der Waals surface area contributed by atoms with Gasteiger partial charge in [-0.2, -0.15) is 0 Å². The van der Waals surface area contributed by atoms with Crippen molar-refractivity contribution >= 4 is 5.97 Å². The average Bonchev–Trinajstić information content (AvgIpc) is 2.24. The van der Waals surface area contributed by atoms with Crippen molar-refractivity contribution in [2.45, 2.75) is 73.0 Å². The summed E-state index contributed by atoms with van der Waals surface area (Å²) >= 11 is 0. The second kappa shape index (κ2) is 8.57. The van der Waals surface area contributed by atoms with Crippen molar-refractivity contribution < 1.29 is 9.53 Å². The number of carbonyl (C=O) groups excluding carboxylic acids is 1. The standard InChI is InChI=1S/C18H35NO2/c1-13(2)11-10-12-14(3)15(4)16(19(8)9)17(20)21-18(5,6)7/h11,14-16H,10,12H2,1-9H3/t14?,15-,16?/m0/s1. The van der Waals surface area contributed by atoms with Crippen LogP contribution in [-0.4, -0.2) is 36.6 Å². The number of likely N-dealkylation sites (N-methyl/N-ethyl adjacent to an activating group) is 1. The van der Waals surface area contributed by atoms with E-state index in [-0.39, 0.29) is 17.9 Å². The molecule has 0 N–H and O–H groups in total. The van der Waals surface area contributed by atoms with E-state index < -0.39 is 5.60 Å². The minimum atomic E-state index is -0.434. The van der Waals surface area contributed by atoms with Gasteiger partial charge in [0.25, 0.3) is 0 Å². The Morgan fingerprint density at radius 2 is 1.71 bits per heavy atom. The third-order valence-corrected chi connectivity index (χ3v) is 3.77. The second-order valence-electron chi connectivity index (χ2n) is 7.64. The van der Waals surface area contributed by atoms with Crippen LogP contribution in [0.1, 0.15) is 61.3 Å². The maximum atomic E-state index is 12.5. The molecular weight excluding hydrogens is 262 g/mol. The maximum Gasteiger partial charge on any atom is 0.324 e. The maximum absolute atomic E-state index is 12.5. The molecule has 0 aromatic heterocycles. The summed E-state index contributed by atoms with van der Waals surface area (Å²) in [6, 6.07) is -0.189. The summed E-state index contributed by atoms with van der Waals surface area (Å²) in [5, 5.41) is 0. The van der Waals surface area contributed by atoms with Crippen molar-refractivity contribution in [1.82, 2.24) is 4.90 Å². The lowest BCUT2D eigenvalue weighted by Crippen LogP contribution is -2.46. The Balaban J connectivity index is 4.79. The van der Waals surface area contributed by atoms with Gasteiger partial charge in [-0.3, -0.25) is 9.69 Å². The second-order valence-corrected chi connectivity index (χ2v) is 7.64. The number of hydrogen-bond acceptors (Lipinski definition) is 3. The van der Waals surface area contributed by atoms with Gasteiger partial charge in [0.15, 0.2) is 0 Å². The average molecular weight is 297 g/mol. The first-order chi connectivity index (χ1) is 9.45. The van der Waals surface area contributed by atoms with Gasteiger partial charge in [0.1, 0.15) is 11.6 Å². The topological polar surface area (TPSA) is 29.5 Å². The molecule has 21 heavy (non-hydrogen) atoms. The van der Waals surface area contributed by atoms with Crippen molar-refractivity contribution in [3.63, 3.8) is 0 Å². The number of ether oxygens (including phenoxy) is 1. The number of rotatable bonds is 7. The quantitative estimate of drug-likeness (QED) is 0.519. The van der Waals surface area contributed by atoms with Crippen molar-refractivity contribution in [1.29, 1.82) is 0 Å². The zero-order chi connectivity index (χ0) is 16.8. The highest BCUT2D eigenvalue weighted by molar-refractivity contribution is 5.76. The molecule has 0 saturated carbocycles. The summed E-state index contributed by atoms with van der Waals surface area (Å²) in [7, 11) is 3.90. The number of allylic oxidation sites excluding steroid dienone is 2. The smallest absolute Gasteiger partial charge is 0.324 e. The summed E-state index contributed by atoms with van der Waals surface area (Å²) in [6.07, 6.45) is 4.43. The predicted molar refractivity (Wildman–Crippen MR) is 90.3 cm³/mol. The summed E-state index contributed by atoms with van der Waals surface area (Å²) < 4.78 is 5.58. The van der Waals surface area contributed by atoms with E-state index in [1.54, 1.807) is 0 Å². The first-order valence-corrected chi connectivity index (χ1v) is 7.98. The highest BCUT2D eigenvalue weighted by atomic mass is 16.6. The number of esters is 1. The largest absolute Gasteiger partial charge is 0.459 e. The predicted octanol–water partition coefficient (Wildman–Crippen LogP) is 4.28. The van der Waals surface area contributed by atoms with Gasteiger partial charge in [-0.05, 0) is 73.4 Å². The molecule has 0 aromatic carbocycles. The fourth-order valence-corrected chi connectivity index (χ4v) is 2.47. The fourth-order valence-electron chi connectivity index (χ4n) is 2.47. The zero-order valence-corrected chi connectivity index (χ0v) is 15.5. The molecule has 0 fully saturated rings. The van der Waals surface area contributed by atoms with Crippen LogP contribution in [0.3, 0.4) is 0 Å². The van der Waals surface area contributed by atoms with Crippen molar-refractivity contribution in [2.75, 3.05) is 14.1 Å². The highest BCUT2D eigenvalue weighted by Gasteiger charge is 2.33. The summed E-state index contributed by atoms with van der Waals surface area (Å²) in [5.41, 5.74) is 0.919. The van der Waals surface area contributed by atoms with Crippen LogP contribution in [0.5, 0.6) is 0 Å². The summed E-state index contributed by atoms with van der Waals surface area (Å²) in [4.78, 5) is 14.4. The molecule has 0 aliphatic heterocycles. The van der Waals surface area contributed by atoms with E-state index >= 15 is 0 Å². The first-order valence-electron chi connectivity index (χ1n) is 7.98. The van der Waals surface area contributed by atoms with Crippen LogP contribution in [0.25, 0.3) is 0 Å². The van der Waals surface area contributed by atoms with Crippen LogP contribution in [-0.2, 0) is 9.53 Å². The van der Waals surface area contributed by atoms with Crippen molar-refractivity contribution in [3.05, 3.63) is 11.6 Å². The van der Waals surface area contributed by atoms with E-state index in [4.69, 9.17) is 4.74 Å². The van der Waals surface area contributed by atoms with Gasteiger partial charge in [0, 0.05) is 0 Å². The molecule has 0 saturated heterocycles. The molecule has 0 rings (SSSR count). The Bertz CT molecular complexity index is 349. The normalized spacial score (nSPS) is 16.3. The molecule has 0 amide bonds.